The van der Waals surface area contributed by atoms with E-state index in [2.05, 4.69) is 258 Å². The summed E-state index contributed by atoms with van der Waals surface area (Å²) < 4.78 is 0. The monoisotopic (exact) mass is 1480 g/mol. The summed E-state index contributed by atoms with van der Waals surface area (Å²) in [6.45, 7) is 29.5. The highest BCUT2D eigenvalue weighted by atomic mass is 32.1. The number of hydrogen-bond acceptors (Lipinski definition) is 4. The van der Waals surface area contributed by atoms with Crippen molar-refractivity contribution < 1.29 is 9.90 Å². The summed E-state index contributed by atoms with van der Waals surface area (Å²) in [4.78, 5) is 16.3. The molecule has 10 aromatic rings. The number of nitrogens with zero attached hydrogens (tertiary/aromatic N) is 2. The van der Waals surface area contributed by atoms with Gasteiger partial charge >= 0.3 is 5.97 Å². The minimum Gasteiger partial charge on any atom is -0.477 e. The molecule has 0 spiro atoms. The molecular weight excluding hydrogens is 1370 g/mol. The van der Waals surface area contributed by atoms with E-state index in [1.807, 2.05) is 18.2 Å². The van der Waals surface area contributed by atoms with Crippen molar-refractivity contribution in [1.29, 1.82) is 5.26 Å². The summed E-state index contributed by atoms with van der Waals surface area (Å²) in [6, 6.07) is 70.2. The van der Waals surface area contributed by atoms with Gasteiger partial charge in [-0.05, 0) is 277 Å². The SMILES string of the molecule is CCCC1(CCC)c2ccccc2-c2c1c1c(c3c2C(CCC)(CCC)c2cc(N(c4ccc(/C=C/c5ccc(/C=C(/C#N)C(=O)O)s5)cc4)c4ccc5c(c4)C(CCC)(CCC)c4c6c(c7c(c4-5)C(CCC)(CCC)c4ccccc4-7)C(CCC)(CCC)c4ccccc4-6)ccc2-3)C(CCC)(CCC)c2ccccc2-1. The second-order valence-corrected chi connectivity index (χ2v) is 35.3. The normalized spacial score (nSPS) is 16.2. The van der Waals surface area contributed by atoms with Crippen molar-refractivity contribution in [3.8, 4) is 72.8 Å². The summed E-state index contributed by atoms with van der Waals surface area (Å²) in [5.41, 5.74) is 40.5. The Kier molecular flexibility index (Phi) is 20.6. The van der Waals surface area contributed by atoms with E-state index in [0.717, 1.165) is 175 Å². The molecule has 9 aromatic carbocycles. The number of rotatable bonds is 31. The van der Waals surface area contributed by atoms with Gasteiger partial charge < -0.3 is 10.0 Å². The van der Waals surface area contributed by atoms with Crippen LogP contribution < -0.4 is 4.90 Å². The average Bonchev–Trinajstić information content (AvgIpc) is 1.49. The second-order valence-electron chi connectivity index (χ2n) is 34.1. The van der Waals surface area contributed by atoms with Crippen LogP contribution in [-0.4, -0.2) is 11.1 Å². The fourth-order valence-corrected chi connectivity index (χ4v) is 25.9. The zero-order valence-electron chi connectivity index (χ0n) is 68.5. The number of benzene rings is 9. The third-order valence-electron chi connectivity index (χ3n) is 27.8. The fourth-order valence-electron chi connectivity index (χ4n) is 25.0. The van der Waals surface area contributed by atoms with E-state index in [1.54, 1.807) is 89.0 Å². The molecule has 5 heteroatoms. The molecule has 0 fully saturated rings. The maximum Gasteiger partial charge on any atom is 0.346 e. The molecule has 0 atom stereocenters. The number of hydrogen-bond donors (Lipinski definition) is 1. The predicted octanol–water partition coefficient (Wildman–Crippen LogP) is 30.6. The van der Waals surface area contributed by atoms with Crippen molar-refractivity contribution in [2.45, 2.75) is 270 Å². The van der Waals surface area contributed by atoms with Crippen molar-refractivity contribution in [1.82, 2.24) is 0 Å². The number of fused-ring (bicyclic) bond motifs is 24. The van der Waals surface area contributed by atoms with Crippen LogP contribution >= 0.6 is 11.3 Å². The van der Waals surface area contributed by atoms with E-state index >= 15 is 0 Å². The van der Waals surface area contributed by atoms with Crippen LogP contribution in [0.1, 0.15) is 319 Å². The Balaban J connectivity index is 0.991. The van der Waals surface area contributed by atoms with E-state index < -0.39 is 5.97 Å². The lowest BCUT2D eigenvalue weighted by Gasteiger charge is -2.39. The number of carboxylic acid groups (broad SMARTS) is 1. The Labute approximate surface area is 668 Å². The fraction of sp³-hybridized carbons (Fsp3) is 0.396. The first-order chi connectivity index (χ1) is 54.2. The smallest absolute Gasteiger partial charge is 0.346 e. The van der Waals surface area contributed by atoms with Gasteiger partial charge in [-0.2, -0.15) is 5.26 Å². The van der Waals surface area contributed by atoms with E-state index in [1.165, 1.54) is 73.3 Å². The summed E-state index contributed by atoms with van der Waals surface area (Å²) >= 11 is 1.48. The predicted molar refractivity (Wildman–Crippen MR) is 472 cm³/mol. The quantitative estimate of drug-likeness (QED) is 0.0347. The first-order valence-electron chi connectivity index (χ1n) is 43.5. The zero-order valence-corrected chi connectivity index (χ0v) is 69.3. The molecule has 0 aliphatic heterocycles. The van der Waals surface area contributed by atoms with Gasteiger partial charge in [0.2, 0.25) is 0 Å². The molecule has 568 valence electrons. The van der Waals surface area contributed by atoms with Gasteiger partial charge in [0.05, 0.1) is 0 Å². The van der Waals surface area contributed by atoms with Gasteiger partial charge in [0, 0.05) is 59.3 Å². The van der Waals surface area contributed by atoms with Crippen LogP contribution in [0.4, 0.5) is 17.1 Å². The van der Waals surface area contributed by atoms with Gasteiger partial charge in [0.25, 0.3) is 0 Å². The maximum absolute atomic E-state index is 11.9. The Morgan fingerprint density at radius 1 is 0.333 bits per heavy atom. The summed E-state index contributed by atoms with van der Waals surface area (Å²) in [7, 11) is 0. The highest BCUT2D eigenvalue weighted by molar-refractivity contribution is 7.13. The summed E-state index contributed by atoms with van der Waals surface area (Å²) in [5.74, 6) is -1.22. The number of carbonyl (C=O) groups is 1. The number of anilines is 3. The Hall–Kier alpha value is -9.08. The van der Waals surface area contributed by atoms with Crippen LogP contribution in [0.3, 0.4) is 0 Å². The molecule has 0 bridgehead atoms. The van der Waals surface area contributed by atoms with Gasteiger partial charge in [0.15, 0.2) is 0 Å². The minimum atomic E-state index is -1.22. The van der Waals surface area contributed by atoms with Crippen LogP contribution in [0.5, 0.6) is 0 Å². The molecule has 16 rings (SSSR count). The lowest BCUT2D eigenvalue weighted by Crippen LogP contribution is -2.30. The van der Waals surface area contributed by atoms with Crippen molar-refractivity contribution in [2.24, 2.45) is 0 Å². The molecule has 1 N–H and O–H groups in total. The molecule has 6 aliphatic carbocycles. The minimum absolute atomic E-state index is 0.125. The largest absolute Gasteiger partial charge is 0.477 e. The highest BCUT2D eigenvalue weighted by Crippen LogP contribution is 2.74. The second kappa shape index (κ2) is 30.1. The van der Waals surface area contributed by atoms with Crippen LogP contribution in [0.25, 0.3) is 85.0 Å². The number of aliphatic carboxylic acids is 1. The molecule has 1 heterocycles. The third kappa shape index (κ3) is 11.1. The lowest BCUT2D eigenvalue weighted by molar-refractivity contribution is -0.132. The Morgan fingerprint density at radius 2 is 0.595 bits per heavy atom. The van der Waals surface area contributed by atoms with Crippen LogP contribution in [0.2, 0.25) is 0 Å². The zero-order chi connectivity index (χ0) is 77.4. The molecule has 0 amide bonds. The highest BCUT2D eigenvalue weighted by Gasteiger charge is 2.60. The van der Waals surface area contributed by atoms with Crippen LogP contribution in [0.15, 0.2) is 175 Å². The molecular formula is C106H116N2O2S. The number of thiophene rings is 1. The van der Waals surface area contributed by atoms with Gasteiger partial charge in [-0.1, -0.05) is 288 Å². The summed E-state index contributed by atoms with van der Waals surface area (Å²) in [5, 5.41) is 19.3. The van der Waals surface area contributed by atoms with Crippen LogP contribution in [0, 0.1) is 11.3 Å². The Bertz CT molecular complexity index is 5070. The molecule has 1 aromatic heterocycles. The van der Waals surface area contributed by atoms with Crippen molar-refractivity contribution in [2.75, 3.05) is 4.90 Å². The van der Waals surface area contributed by atoms with Gasteiger partial charge in [-0.25, -0.2) is 4.79 Å². The van der Waals surface area contributed by atoms with Crippen molar-refractivity contribution in [3.05, 3.63) is 258 Å². The van der Waals surface area contributed by atoms with E-state index in [0.29, 0.717) is 0 Å². The van der Waals surface area contributed by atoms with Gasteiger partial charge in [0.1, 0.15) is 11.6 Å². The molecule has 6 aliphatic rings. The Morgan fingerprint density at radius 3 is 0.874 bits per heavy atom. The molecule has 0 radical (unpaired) electrons. The molecule has 4 nitrogen and oxygen atoms in total. The number of nitriles is 1. The van der Waals surface area contributed by atoms with Gasteiger partial charge in [-0.15, -0.1) is 11.3 Å². The lowest BCUT2D eigenvalue weighted by atomic mass is 9.64. The van der Waals surface area contributed by atoms with Crippen molar-refractivity contribution >= 4 is 52.6 Å². The first kappa shape index (κ1) is 75.9. The maximum atomic E-state index is 11.9. The van der Waals surface area contributed by atoms with E-state index in [9.17, 15) is 15.2 Å². The topological polar surface area (TPSA) is 64.3 Å². The van der Waals surface area contributed by atoms with Crippen LogP contribution in [-0.2, 0) is 37.3 Å². The van der Waals surface area contributed by atoms with E-state index in [-0.39, 0.29) is 38.1 Å². The third-order valence-corrected chi connectivity index (χ3v) is 28.8. The molecule has 0 saturated heterocycles. The van der Waals surface area contributed by atoms with Gasteiger partial charge in [-0.3, -0.25) is 0 Å². The first-order valence-corrected chi connectivity index (χ1v) is 44.3. The standard InChI is InChI=1S/C106H116N2O2S/c1-13-53-101(54-14-2)84-39-31-27-35-78(84)90-94(101)88-76-33-25-29-37-82(76)103(57-17-5,58-18-6)96(88)92-80-51-46-72(66-86(80)105(61-21-9,62-22-10)98(90)92)108(71-44-41-69(42-45-71)43-48-74-49-50-75(111-74)65-70(68-107)100(109)110)73-47-52-81-87(67-73)106(63-23-11,64-24-12)99-91-79-36-28-32-40-85(79)102(55-15-3,56-16-4)95(91)89-77-34-26-30-38-83(77)104(59-19-7,60-20-8)97(89)93(81)99/h25-52,65-67H,13-24,53-64H2,1-12H3,(H,109,110)/b48-43+,70-65-. The molecule has 111 heavy (non-hydrogen) atoms. The molecule has 0 saturated carbocycles. The van der Waals surface area contributed by atoms with Crippen molar-refractivity contribution in [3.63, 3.8) is 0 Å². The summed E-state index contributed by atoms with van der Waals surface area (Å²) in [6.07, 6.45) is 32.1. The molecule has 0 unspecified atom stereocenters. The average molecular weight is 1480 g/mol. The van der Waals surface area contributed by atoms with E-state index in [4.69, 9.17) is 0 Å². The number of carboxylic acids is 1.